The van der Waals surface area contributed by atoms with Crippen LogP contribution in [0.5, 0.6) is 0 Å². The fraction of sp³-hybridized carbons (Fsp3) is 0.846. The third-order valence-corrected chi connectivity index (χ3v) is 3.02. The van der Waals surface area contributed by atoms with Gasteiger partial charge >= 0.3 is 6.09 Å². The van der Waals surface area contributed by atoms with E-state index in [1.807, 2.05) is 34.6 Å². The Morgan fingerprint density at radius 3 is 2.50 bits per heavy atom. The molecule has 102 valence electrons. The van der Waals surface area contributed by atoms with Crippen molar-refractivity contribution in [3.05, 3.63) is 0 Å². The topological polar surface area (TPSA) is 56.6 Å². The van der Waals surface area contributed by atoms with E-state index in [0.29, 0.717) is 13.1 Å². The third kappa shape index (κ3) is 3.88. The van der Waals surface area contributed by atoms with Crippen molar-refractivity contribution in [3.8, 4) is 6.07 Å². The van der Waals surface area contributed by atoms with E-state index in [-0.39, 0.29) is 18.2 Å². The van der Waals surface area contributed by atoms with E-state index in [0.717, 1.165) is 6.54 Å². The summed E-state index contributed by atoms with van der Waals surface area (Å²) >= 11 is 0. The highest BCUT2D eigenvalue weighted by molar-refractivity contribution is 5.68. The summed E-state index contributed by atoms with van der Waals surface area (Å²) in [5.74, 6) is 0. The van der Waals surface area contributed by atoms with Gasteiger partial charge in [-0.25, -0.2) is 4.79 Å². The summed E-state index contributed by atoms with van der Waals surface area (Å²) in [5, 5.41) is 8.90. The van der Waals surface area contributed by atoms with Crippen LogP contribution in [-0.4, -0.2) is 53.2 Å². The number of nitrogens with zero attached hydrogens (tertiary/aromatic N) is 3. The maximum Gasteiger partial charge on any atom is 0.410 e. The molecule has 0 aromatic heterocycles. The fourth-order valence-corrected chi connectivity index (χ4v) is 2.01. The molecule has 0 radical (unpaired) electrons. The zero-order chi connectivity index (χ0) is 13.9. The van der Waals surface area contributed by atoms with Gasteiger partial charge in [0.1, 0.15) is 5.60 Å². The standard InChI is InChI=1S/C13H23N3O2/c1-10(8-14)15-6-7-16(11(2)9-15)12(17)18-13(3,4)5/h10-11H,6-7,9H2,1-5H3/t10-,11+/m0/s1. The van der Waals surface area contributed by atoms with Gasteiger partial charge in [0.15, 0.2) is 0 Å². The second-order valence-electron chi connectivity index (χ2n) is 5.82. The monoisotopic (exact) mass is 253 g/mol. The van der Waals surface area contributed by atoms with Crippen LogP contribution in [-0.2, 0) is 4.74 Å². The molecule has 0 aromatic rings. The maximum absolute atomic E-state index is 12.0. The summed E-state index contributed by atoms with van der Waals surface area (Å²) in [7, 11) is 0. The molecular formula is C13H23N3O2. The first-order valence-corrected chi connectivity index (χ1v) is 6.38. The van der Waals surface area contributed by atoms with Gasteiger partial charge in [0.25, 0.3) is 0 Å². The molecule has 2 atom stereocenters. The molecule has 5 heteroatoms. The molecule has 0 spiro atoms. The second-order valence-corrected chi connectivity index (χ2v) is 5.82. The lowest BCUT2D eigenvalue weighted by atomic mass is 10.1. The van der Waals surface area contributed by atoms with E-state index in [9.17, 15) is 4.79 Å². The van der Waals surface area contributed by atoms with Gasteiger partial charge in [0.2, 0.25) is 0 Å². The number of carbonyl (C=O) groups excluding carboxylic acids is 1. The van der Waals surface area contributed by atoms with Crippen LogP contribution in [0.4, 0.5) is 4.79 Å². The van der Waals surface area contributed by atoms with Crippen LogP contribution >= 0.6 is 0 Å². The molecule has 0 bridgehead atoms. The van der Waals surface area contributed by atoms with Crippen molar-refractivity contribution < 1.29 is 9.53 Å². The molecule has 1 aliphatic rings. The van der Waals surface area contributed by atoms with Crippen molar-refractivity contribution in [3.63, 3.8) is 0 Å². The number of ether oxygens (including phenoxy) is 1. The minimum Gasteiger partial charge on any atom is -0.444 e. The lowest BCUT2D eigenvalue weighted by Crippen LogP contribution is -2.56. The molecule has 1 aliphatic heterocycles. The molecule has 1 heterocycles. The van der Waals surface area contributed by atoms with Crippen LogP contribution in [0, 0.1) is 11.3 Å². The second kappa shape index (κ2) is 5.57. The molecule has 0 aliphatic carbocycles. The number of carbonyl (C=O) groups is 1. The smallest absolute Gasteiger partial charge is 0.410 e. The first kappa shape index (κ1) is 14.8. The van der Waals surface area contributed by atoms with Gasteiger partial charge in [-0.3, -0.25) is 4.90 Å². The predicted octanol–water partition coefficient (Wildman–Crippen LogP) is 1.84. The van der Waals surface area contributed by atoms with Crippen LogP contribution in [0.1, 0.15) is 34.6 Å². The summed E-state index contributed by atoms with van der Waals surface area (Å²) < 4.78 is 5.37. The Morgan fingerprint density at radius 1 is 1.44 bits per heavy atom. The molecular weight excluding hydrogens is 230 g/mol. The summed E-state index contributed by atoms with van der Waals surface area (Å²) in [6, 6.07) is 2.20. The molecule has 1 rings (SSSR count). The van der Waals surface area contributed by atoms with Gasteiger partial charge in [-0.1, -0.05) is 0 Å². The van der Waals surface area contributed by atoms with E-state index in [4.69, 9.17) is 10.00 Å². The Bertz CT molecular complexity index is 343. The highest BCUT2D eigenvalue weighted by atomic mass is 16.6. The van der Waals surface area contributed by atoms with Crippen molar-refractivity contribution in [1.29, 1.82) is 5.26 Å². The van der Waals surface area contributed by atoms with Crippen molar-refractivity contribution in [2.75, 3.05) is 19.6 Å². The van der Waals surface area contributed by atoms with Crippen LogP contribution in [0.3, 0.4) is 0 Å². The predicted molar refractivity (Wildman–Crippen MR) is 69.1 cm³/mol. The Morgan fingerprint density at radius 2 is 2.06 bits per heavy atom. The van der Waals surface area contributed by atoms with Crippen molar-refractivity contribution >= 4 is 6.09 Å². The molecule has 0 aromatic carbocycles. The number of rotatable bonds is 1. The maximum atomic E-state index is 12.0. The molecule has 1 amide bonds. The number of hydrogen-bond acceptors (Lipinski definition) is 4. The molecule has 1 fully saturated rings. The first-order valence-electron chi connectivity index (χ1n) is 6.38. The number of nitriles is 1. The Labute approximate surface area is 109 Å². The molecule has 18 heavy (non-hydrogen) atoms. The van der Waals surface area contributed by atoms with E-state index in [1.165, 1.54) is 0 Å². The average Bonchev–Trinajstić information content (AvgIpc) is 2.25. The van der Waals surface area contributed by atoms with Gasteiger partial charge in [-0.2, -0.15) is 5.26 Å². The van der Waals surface area contributed by atoms with E-state index in [1.54, 1.807) is 4.90 Å². The fourth-order valence-electron chi connectivity index (χ4n) is 2.01. The minimum atomic E-state index is -0.464. The summed E-state index contributed by atoms with van der Waals surface area (Å²) in [6.45, 7) is 11.5. The van der Waals surface area contributed by atoms with Crippen molar-refractivity contribution in [2.45, 2.75) is 52.3 Å². The number of amides is 1. The van der Waals surface area contributed by atoms with Crippen LogP contribution in [0.15, 0.2) is 0 Å². The summed E-state index contributed by atoms with van der Waals surface area (Å²) in [4.78, 5) is 15.8. The lowest BCUT2D eigenvalue weighted by molar-refractivity contribution is -0.000589. The summed E-state index contributed by atoms with van der Waals surface area (Å²) in [5.41, 5.74) is -0.464. The number of hydrogen-bond donors (Lipinski definition) is 0. The van der Waals surface area contributed by atoms with Gasteiger partial charge in [0, 0.05) is 25.7 Å². The minimum absolute atomic E-state index is 0.0735. The molecule has 5 nitrogen and oxygen atoms in total. The SMILES string of the molecule is C[C@@H]1CN([C@@H](C)C#N)CCN1C(=O)OC(C)(C)C. The summed E-state index contributed by atoms with van der Waals surface area (Å²) in [6.07, 6.45) is -0.265. The van der Waals surface area contributed by atoms with Crippen molar-refractivity contribution in [2.24, 2.45) is 0 Å². The first-order chi connectivity index (χ1) is 8.24. The van der Waals surface area contributed by atoms with Gasteiger partial charge in [0.05, 0.1) is 12.1 Å². The Balaban J connectivity index is 2.58. The Hall–Kier alpha value is -1.28. The van der Waals surface area contributed by atoms with E-state index in [2.05, 4.69) is 11.0 Å². The van der Waals surface area contributed by atoms with Crippen LogP contribution in [0.2, 0.25) is 0 Å². The quantitative estimate of drug-likeness (QED) is 0.715. The highest BCUT2D eigenvalue weighted by Crippen LogP contribution is 2.16. The van der Waals surface area contributed by atoms with E-state index >= 15 is 0 Å². The Kier molecular flexibility index (Phi) is 4.58. The van der Waals surface area contributed by atoms with Crippen molar-refractivity contribution in [1.82, 2.24) is 9.80 Å². The largest absolute Gasteiger partial charge is 0.444 e. The molecule has 1 saturated heterocycles. The number of piperazine rings is 1. The van der Waals surface area contributed by atoms with Gasteiger partial charge in [-0.05, 0) is 34.6 Å². The molecule has 0 N–H and O–H groups in total. The normalized spacial score (nSPS) is 23.3. The molecule has 0 unspecified atom stereocenters. The highest BCUT2D eigenvalue weighted by Gasteiger charge is 2.32. The van der Waals surface area contributed by atoms with Crippen LogP contribution < -0.4 is 0 Å². The lowest BCUT2D eigenvalue weighted by Gasteiger charge is -2.41. The van der Waals surface area contributed by atoms with Gasteiger partial charge < -0.3 is 9.64 Å². The zero-order valence-corrected chi connectivity index (χ0v) is 11.9. The average molecular weight is 253 g/mol. The van der Waals surface area contributed by atoms with Gasteiger partial charge in [-0.15, -0.1) is 0 Å². The molecule has 0 saturated carbocycles. The third-order valence-electron chi connectivity index (χ3n) is 3.02. The van der Waals surface area contributed by atoms with E-state index < -0.39 is 5.60 Å². The van der Waals surface area contributed by atoms with Crippen LogP contribution in [0.25, 0.3) is 0 Å². The zero-order valence-electron chi connectivity index (χ0n) is 11.9.